The normalized spacial score (nSPS) is 28.2. The number of ether oxygens (including phenoxy) is 1. The molecule has 0 N–H and O–H groups in total. The molecule has 2 fully saturated rings. The van der Waals surface area contributed by atoms with Gasteiger partial charge in [-0.25, -0.2) is 8.78 Å². The highest BCUT2D eigenvalue weighted by molar-refractivity contribution is 4.76. The van der Waals surface area contributed by atoms with E-state index in [0.717, 1.165) is 31.6 Å². The predicted molar refractivity (Wildman–Crippen MR) is 78.2 cm³/mol. The van der Waals surface area contributed by atoms with E-state index in [0.29, 0.717) is 18.8 Å². The maximum absolute atomic E-state index is 13.0. The summed E-state index contributed by atoms with van der Waals surface area (Å²) < 4.78 is 54.7. The number of alkyl halides is 4. The first-order valence-electron chi connectivity index (χ1n) is 8.81. The molecule has 0 heterocycles. The molecule has 1 nitrogen and oxygen atoms in total. The lowest BCUT2D eigenvalue weighted by Crippen LogP contribution is -2.37. The molecule has 0 aliphatic heterocycles. The first kappa shape index (κ1) is 18.0. The lowest BCUT2D eigenvalue weighted by molar-refractivity contribution is -0.322. The molecule has 0 bridgehead atoms. The smallest absolute Gasteiger partial charge is 0.313 e. The van der Waals surface area contributed by atoms with Crippen LogP contribution in [0.4, 0.5) is 17.6 Å². The fourth-order valence-electron chi connectivity index (χ4n) is 4.06. The van der Waals surface area contributed by atoms with Crippen molar-refractivity contribution >= 4 is 0 Å². The molecule has 22 heavy (non-hydrogen) atoms. The van der Waals surface area contributed by atoms with Gasteiger partial charge in [0.15, 0.2) is 0 Å². The zero-order chi connectivity index (χ0) is 16.0. The highest BCUT2D eigenvalue weighted by atomic mass is 19.3. The summed E-state index contributed by atoms with van der Waals surface area (Å²) in [5.41, 5.74) is 0. The lowest BCUT2D eigenvalue weighted by atomic mass is 9.81. The van der Waals surface area contributed by atoms with E-state index < -0.39 is 18.6 Å². The van der Waals surface area contributed by atoms with E-state index in [9.17, 15) is 17.6 Å². The number of halogens is 4. The summed E-state index contributed by atoms with van der Waals surface area (Å²) in [6.07, 6.45) is 4.14. The van der Waals surface area contributed by atoms with Gasteiger partial charge >= 0.3 is 12.5 Å². The van der Waals surface area contributed by atoms with Crippen molar-refractivity contribution in [3.8, 4) is 0 Å². The fraction of sp³-hybridized carbons (Fsp3) is 1.00. The minimum Gasteiger partial charge on any atom is -0.313 e. The summed E-state index contributed by atoms with van der Waals surface area (Å²) in [5, 5.41) is 0. The van der Waals surface area contributed by atoms with Gasteiger partial charge in [-0.15, -0.1) is 0 Å². The average molecular weight is 324 g/mol. The van der Waals surface area contributed by atoms with Crippen LogP contribution in [0.3, 0.4) is 0 Å². The standard InChI is InChI=1S/C17H28F4O/c18-16(19)17(20,21)22-15-11-5-10-14(12-15)9-4-8-13-6-2-1-3-7-13/h13-16H,1-12H2. The van der Waals surface area contributed by atoms with Gasteiger partial charge in [-0.2, -0.15) is 8.78 Å². The van der Waals surface area contributed by atoms with Crippen LogP contribution < -0.4 is 0 Å². The Labute approximate surface area is 130 Å². The Morgan fingerprint density at radius 2 is 1.50 bits per heavy atom. The van der Waals surface area contributed by atoms with Gasteiger partial charge in [0.2, 0.25) is 0 Å². The molecule has 2 aliphatic rings. The number of hydrogen-bond acceptors (Lipinski definition) is 1. The van der Waals surface area contributed by atoms with E-state index in [1.807, 2.05) is 0 Å². The molecule has 0 spiro atoms. The van der Waals surface area contributed by atoms with Crippen molar-refractivity contribution in [1.29, 1.82) is 0 Å². The van der Waals surface area contributed by atoms with Gasteiger partial charge in [-0.05, 0) is 24.7 Å². The van der Waals surface area contributed by atoms with Gasteiger partial charge in [-0.3, -0.25) is 0 Å². The first-order valence-corrected chi connectivity index (χ1v) is 8.81. The summed E-state index contributed by atoms with van der Waals surface area (Å²) in [4.78, 5) is 0. The SMILES string of the molecule is FC(F)C(F)(F)OC1CCCC(CCCC2CCCCC2)C1. The molecular formula is C17H28F4O. The van der Waals surface area contributed by atoms with E-state index in [2.05, 4.69) is 4.74 Å². The molecule has 0 aromatic carbocycles. The van der Waals surface area contributed by atoms with Crippen molar-refractivity contribution in [3.63, 3.8) is 0 Å². The van der Waals surface area contributed by atoms with E-state index in [1.54, 1.807) is 0 Å². The van der Waals surface area contributed by atoms with Crippen LogP contribution in [-0.4, -0.2) is 18.6 Å². The second kappa shape index (κ2) is 8.51. The van der Waals surface area contributed by atoms with Crippen LogP contribution in [0.15, 0.2) is 0 Å². The van der Waals surface area contributed by atoms with Crippen molar-refractivity contribution in [3.05, 3.63) is 0 Å². The van der Waals surface area contributed by atoms with Crippen molar-refractivity contribution in [2.24, 2.45) is 11.8 Å². The zero-order valence-electron chi connectivity index (χ0n) is 13.2. The molecule has 0 aromatic heterocycles. The van der Waals surface area contributed by atoms with Crippen LogP contribution >= 0.6 is 0 Å². The van der Waals surface area contributed by atoms with E-state index >= 15 is 0 Å². The Morgan fingerprint density at radius 3 is 2.18 bits per heavy atom. The second-order valence-electron chi connectivity index (χ2n) is 7.07. The molecule has 2 unspecified atom stereocenters. The van der Waals surface area contributed by atoms with Gasteiger partial charge in [-0.1, -0.05) is 64.2 Å². The Kier molecular flexibility index (Phi) is 6.97. The topological polar surface area (TPSA) is 9.23 Å². The quantitative estimate of drug-likeness (QED) is 0.509. The van der Waals surface area contributed by atoms with E-state index in [4.69, 9.17) is 0 Å². The Hall–Kier alpha value is -0.320. The van der Waals surface area contributed by atoms with Crippen LogP contribution in [0.1, 0.15) is 77.0 Å². The van der Waals surface area contributed by atoms with Crippen molar-refractivity contribution < 1.29 is 22.3 Å². The van der Waals surface area contributed by atoms with Gasteiger partial charge in [0.05, 0.1) is 6.10 Å². The monoisotopic (exact) mass is 324 g/mol. The second-order valence-corrected chi connectivity index (χ2v) is 7.07. The minimum atomic E-state index is -4.30. The van der Waals surface area contributed by atoms with Crippen LogP contribution in [0.2, 0.25) is 0 Å². The maximum atomic E-state index is 13.0. The Bertz CT molecular complexity index is 316. The molecule has 2 saturated carbocycles. The molecule has 0 radical (unpaired) electrons. The van der Waals surface area contributed by atoms with Crippen LogP contribution in [0.5, 0.6) is 0 Å². The van der Waals surface area contributed by atoms with Gasteiger partial charge in [0.25, 0.3) is 0 Å². The van der Waals surface area contributed by atoms with Crippen LogP contribution in [-0.2, 0) is 4.74 Å². The zero-order valence-corrected chi connectivity index (χ0v) is 13.2. The highest BCUT2D eigenvalue weighted by Crippen LogP contribution is 2.36. The summed E-state index contributed by atoms with van der Waals surface area (Å²) in [6, 6.07) is 0. The third-order valence-electron chi connectivity index (χ3n) is 5.26. The highest BCUT2D eigenvalue weighted by Gasteiger charge is 2.45. The van der Waals surface area contributed by atoms with Crippen LogP contribution in [0.25, 0.3) is 0 Å². The van der Waals surface area contributed by atoms with Gasteiger partial charge in [0.1, 0.15) is 0 Å². The predicted octanol–water partition coefficient (Wildman–Crippen LogP) is 6.17. The minimum absolute atomic E-state index is 0.357. The molecule has 0 aromatic rings. The van der Waals surface area contributed by atoms with Crippen molar-refractivity contribution in [2.45, 2.75) is 95.7 Å². The summed E-state index contributed by atoms with van der Waals surface area (Å²) in [6.45, 7) is 0. The number of rotatable bonds is 7. The average Bonchev–Trinajstić information content (AvgIpc) is 2.48. The van der Waals surface area contributed by atoms with Gasteiger partial charge in [0, 0.05) is 0 Å². The molecular weight excluding hydrogens is 296 g/mol. The summed E-state index contributed by atoms with van der Waals surface area (Å²) >= 11 is 0. The number of hydrogen-bond donors (Lipinski definition) is 0. The van der Waals surface area contributed by atoms with Gasteiger partial charge < -0.3 is 4.74 Å². The summed E-state index contributed by atoms with van der Waals surface area (Å²) in [7, 11) is 0. The molecule has 5 heteroatoms. The molecule has 0 amide bonds. The largest absolute Gasteiger partial charge is 0.416 e. The Balaban J connectivity index is 1.67. The molecule has 2 aliphatic carbocycles. The van der Waals surface area contributed by atoms with Crippen molar-refractivity contribution in [1.82, 2.24) is 0 Å². The van der Waals surface area contributed by atoms with Crippen LogP contribution in [0, 0.1) is 11.8 Å². The van der Waals surface area contributed by atoms with E-state index in [-0.39, 0.29) is 0 Å². The molecule has 0 saturated heterocycles. The van der Waals surface area contributed by atoms with E-state index in [1.165, 1.54) is 38.5 Å². The van der Waals surface area contributed by atoms with Crippen molar-refractivity contribution in [2.75, 3.05) is 0 Å². The molecule has 2 rings (SSSR count). The maximum Gasteiger partial charge on any atom is 0.416 e. The third-order valence-corrected chi connectivity index (χ3v) is 5.26. The summed E-state index contributed by atoms with van der Waals surface area (Å²) in [5.74, 6) is 1.20. The molecule has 2 atom stereocenters. The lowest BCUT2D eigenvalue weighted by Gasteiger charge is -2.32. The fourth-order valence-corrected chi connectivity index (χ4v) is 4.06. The molecule has 130 valence electrons. The Morgan fingerprint density at radius 1 is 0.864 bits per heavy atom. The first-order chi connectivity index (χ1) is 10.5. The third kappa shape index (κ3) is 5.71.